The molecule has 0 aromatic heterocycles. The lowest BCUT2D eigenvalue weighted by atomic mass is 10.0. The average molecular weight is 181 g/mol. The molecule has 2 rings (SSSR count). The Morgan fingerprint density at radius 3 is 2.77 bits per heavy atom. The summed E-state index contributed by atoms with van der Waals surface area (Å²) in [6, 6.07) is 6.33. The summed E-state index contributed by atoms with van der Waals surface area (Å²) in [5.74, 6) is -0.249. The summed E-state index contributed by atoms with van der Waals surface area (Å²) in [4.78, 5) is 0. The Balaban J connectivity index is 2.29. The second kappa shape index (κ2) is 3.44. The van der Waals surface area contributed by atoms with E-state index < -0.39 is 6.10 Å². The fourth-order valence-corrected chi connectivity index (χ4v) is 1.73. The first-order chi connectivity index (χ1) is 6.29. The summed E-state index contributed by atoms with van der Waals surface area (Å²) >= 11 is 0. The van der Waals surface area contributed by atoms with E-state index in [0.29, 0.717) is 12.0 Å². The highest BCUT2D eigenvalue weighted by molar-refractivity contribution is 5.23. The minimum Gasteiger partial charge on any atom is -0.391 e. The van der Waals surface area contributed by atoms with Crippen LogP contribution in [0.5, 0.6) is 0 Å². The van der Waals surface area contributed by atoms with Gasteiger partial charge >= 0.3 is 0 Å². The van der Waals surface area contributed by atoms with Crippen LogP contribution < -0.4 is 5.32 Å². The van der Waals surface area contributed by atoms with E-state index in [1.54, 1.807) is 18.2 Å². The van der Waals surface area contributed by atoms with Crippen molar-refractivity contribution in [2.24, 2.45) is 0 Å². The van der Waals surface area contributed by atoms with E-state index >= 15 is 0 Å². The predicted molar refractivity (Wildman–Crippen MR) is 47.8 cm³/mol. The lowest BCUT2D eigenvalue weighted by molar-refractivity contribution is 0.158. The van der Waals surface area contributed by atoms with Gasteiger partial charge in [-0.1, -0.05) is 18.2 Å². The van der Waals surface area contributed by atoms with E-state index in [0.717, 1.165) is 6.54 Å². The van der Waals surface area contributed by atoms with Gasteiger partial charge in [0, 0.05) is 5.56 Å². The molecule has 3 heteroatoms. The van der Waals surface area contributed by atoms with Crippen LogP contribution in [0.2, 0.25) is 0 Å². The molecule has 0 radical (unpaired) electrons. The summed E-state index contributed by atoms with van der Waals surface area (Å²) in [5, 5.41) is 12.6. The van der Waals surface area contributed by atoms with Crippen LogP contribution in [0.3, 0.4) is 0 Å². The van der Waals surface area contributed by atoms with Gasteiger partial charge < -0.3 is 10.4 Å². The molecule has 0 amide bonds. The number of halogens is 1. The molecule has 2 N–H and O–H groups in total. The molecule has 1 fully saturated rings. The summed E-state index contributed by atoms with van der Waals surface area (Å²) in [7, 11) is 0. The molecule has 0 spiro atoms. The predicted octanol–water partition coefficient (Wildman–Crippen LogP) is 1.22. The second-order valence-corrected chi connectivity index (χ2v) is 3.31. The molecule has 1 aromatic carbocycles. The Morgan fingerprint density at radius 1 is 1.38 bits per heavy atom. The quantitative estimate of drug-likeness (QED) is 0.682. The Labute approximate surface area is 76.4 Å². The minimum atomic E-state index is -0.461. The largest absolute Gasteiger partial charge is 0.391 e. The summed E-state index contributed by atoms with van der Waals surface area (Å²) in [6.07, 6.45) is 0.232. The van der Waals surface area contributed by atoms with Gasteiger partial charge in [-0.05, 0) is 19.0 Å². The van der Waals surface area contributed by atoms with Crippen molar-refractivity contribution in [1.82, 2.24) is 5.32 Å². The molecule has 0 saturated carbocycles. The number of hydrogen-bond donors (Lipinski definition) is 2. The lowest BCUT2D eigenvalue weighted by Crippen LogP contribution is -2.21. The molecule has 0 aliphatic carbocycles. The Bertz CT molecular complexity index is 303. The highest BCUT2D eigenvalue weighted by Gasteiger charge is 2.27. The van der Waals surface area contributed by atoms with Gasteiger partial charge in [-0.25, -0.2) is 4.39 Å². The molecular weight excluding hydrogens is 169 g/mol. The van der Waals surface area contributed by atoms with Crippen molar-refractivity contribution in [2.45, 2.75) is 18.6 Å². The molecule has 13 heavy (non-hydrogen) atoms. The summed E-state index contributed by atoms with van der Waals surface area (Å²) in [5.41, 5.74) is 0.563. The Kier molecular flexibility index (Phi) is 2.29. The highest BCUT2D eigenvalue weighted by Crippen LogP contribution is 2.25. The van der Waals surface area contributed by atoms with Gasteiger partial charge in [0.15, 0.2) is 0 Å². The fourth-order valence-electron chi connectivity index (χ4n) is 1.73. The van der Waals surface area contributed by atoms with Crippen LogP contribution in [-0.2, 0) is 0 Å². The van der Waals surface area contributed by atoms with E-state index in [2.05, 4.69) is 5.32 Å². The van der Waals surface area contributed by atoms with Crippen LogP contribution in [0.4, 0.5) is 4.39 Å². The maximum atomic E-state index is 13.3. The minimum absolute atomic E-state index is 0.235. The van der Waals surface area contributed by atoms with Crippen molar-refractivity contribution in [2.75, 3.05) is 6.54 Å². The third-order valence-electron chi connectivity index (χ3n) is 2.43. The number of aliphatic hydroxyl groups excluding tert-OH is 1. The molecule has 2 atom stereocenters. The number of benzene rings is 1. The molecule has 70 valence electrons. The molecule has 0 bridgehead atoms. The molecule has 1 aromatic rings. The van der Waals surface area contributed by atoms with Crippen LogP contribution in [-0.4, -0.2) is 17.8 Å². The zero-order valence-electron chi connectivity index (χ0n) is 7.20. The molecule has 2 nitrogen and oxygen atoms in total. The number of hydrogen-bond acceptors (Lipinski definition) is 2. The first-order valence-corrected chi connectivity index (χ1v) is 4.45. The maximum absolute atomic E-state index is 13.3. The standard InChI is InChI=1S/C10H12FNO/c11-8-4-2-1-3-7(8)10-9(13)5-6-12-10/h1-4,9-10,12-13H,5-6H2. The Morgan fingerprint density at radius 2 is 2.15 bits per heavy atom. The zero-order chi connectivity index (χ0) is 9.26. The van der Waals surface area contributed by atoms with Crippen molar-refractivity contribution in [3.05, 3.63) is 35.6 Å². The van der Waals surface area contributed by atoms with Gasteiger partial charge in [-0.2, -0.15) is 0 Å². The van der Waals surface area contributed by atoms with Gasteiger partial charge in [-0.3, -0.25) is 0 Å². The zero-order valence-corrected chi connectivity index (χ0v) is 7.20. The summed E-state index contributed by atoms with van der Waals surface area (Å²) < 4.78 is 13.3. The topological polar surface area (TPSA) is 32.3 Å². The van der Waals surface area contributed by atoms with Crippen molar-refractivity contribution in [3.8, 4) is 0 Å². The third kappa shape index (κ3) is 1.57. The smallest absolute Gasteiger partial charge is 0.128 e. The van der Waals surface area contributed by atoms with Crippen LogP contribution in [0.15, 0.2) is 24.3 Å². The third-order valence-corrected chi connectivity index (χ3v) is 2.43. The van der Waals surface area contributed by atoms with E-state index in [1.165, 1.54) is 6.07 Å². The van der Waals surface area contributed by atoms with Crippen molar-refractivity contribution < 1.29 is 9.50 Å². The lowest BCUT2D eigenvalue weighted by Gasteiger charge is -2.15. The Hall–Kier alpha value is -0.930. The molecule has 1 heterocycles. The van der Waals surface area contributed by atoms with Gasteiger partial charge in [0.1, 0.15) is 5.82 Å². The second-order valence-electron chi connectivity index (χ2n) is 3.31. The molecular formula is C10H12FNO. The van der Waals surface area contributed by atoms with Crippen LogP contribution >= 0.6 is 0 Å². The summed E-state index contributed by atoms with van der Waals surface area (Å²) in [6.45, 7) is 0.750. The van der Waals surface area contributed by atoms with Crippen LogP contribution in [0.1, 0.15) is 18.0 Å². The maximum Gasteiger partial charge on any atom is 0.128 e. The van der Waals surface area contributed by atoms with E-state index in [1.807, 2.05) is 0 Å². The van der Waals surface area contributed by atoms with Crippen molar-refractivity contribution >= 4 is 0 Å². The van der Waals surface area contributed by atoms with E-state index in [-0.39, 0.29) is 11.9 Å². The first-order valence-electron chi connectivity index (χ1n) is 4.45. The first kappa shape index (κ1) is 8.66. The van der Waals surface area contributed by atoms with E-state index in [4.69, 9.17) is 0 Å². The molecule has 1 aliphatic rings. The van der Waals surface area contributed by atoms with Crippen LogP contribution in [0, 0.1) is 5.82 Å². The fraction of sp³-hybridized carbons (Fsp3) is 0.400. The molecule has 1 saturated heterocycles. The van der Waals surface area contributed by atoms with Crippen LogP contribution in [0.25, 0.3) is 0 Å². The number of rotatable bonds is 1. The SMILES string of the molecule is OC1CCNC1c1ccccc1F. The monoisotopic (exact) mass is 181 g/mol. The van der Waals surface area contributed by atoms with Crippen molar-refractivity contribution in [1.29, 1.82) is 0 Å². The normalized spacial score (nSPS) is 27.8. The van der Waals surface area contributed by atoms with E-state index in [9.17, 15) is 9.50 Å². The van der Waals surface area contributed by atoms with Gasteiger partial charge in [0.05, 0.1) is 12.1 Å². The highest BCUT2D eigenvalue weighted by atomic mass is 19.1. The average Bonchev–Trinajstić information content (AvgIpc) is 2.52. The molecule has 1 aliphatic heterocycles. The van der Waals surface area contributed by atoms with Gasteiger partial charge in [-0.15, -0.1) is 0 Å². The van der Waals surface area contributed by atoms with Gasteiger partial charge in [0.2, 0.25) is 0 Å². The molecule has 2 unspecified atom stereocenters. The van der Waals surface area contributed by atoms with Crippen molar-refractivity contribution in [3.63, 3.8) is 0 Å². The number of nitrogens with one attached hydrogen (secondary N) is 1. The number of aliphatic hydroxyl groups is 1. The van der Waals surface area contributed by atoms with Gasteiger partial charge in [0.25, 0.3) is 0 Å².